The normalized spacial score (nSPS) is 14.1. The van der Waals surface area contributed by atoms with Crippen molar-refractivity contribution >= 4 is 8.32 Å². The molecule has 1 atom stereocenters. The summed E-state index contributed by atoms with van der Waals surface area (Å²) >= 11 is 0. The fourth-order valence-electron chi connectivity index (χ4n) is 1.01. The Bertz CT molecular complexity index is 268. The fraction of sp³-hybridized carbons (Fsp3) is 0.857. The molecule has 1 unspecified atom stereocenters. The van der Waals surface area contributed by atoms with E-state index in [1.165, 1.54) is 0 Å². The third-order valence-corrected chi connectivity index (χ3v) is 7.85. The van der Waals surface area contributed by atoms with Gasteiger partial charge in [0.15, 0.2) is 8.32 Å². The van der Waals surface area contributed by atoms with E-state index in [1.807, 2.05) is 0 Å². The van der Waals surface area contributed by atoms with E-state index >= 15 is 0 Å². The monoisotopic (exact) mass is 256 g/mol. The van der Waals surface area contributed by atoms with Crippen LogP contribution in [0.5, 0.6) is 0 Å². The first-order valence-electron chi connectivity index (χ1n) is 6.47. The smallest absolute Gasteiger partial charge is 0.192 e. The summed E-state index contributed by atoms with van der Waals surface area (Å²) in [4.78, 5) is 0. The molecule has 3 heteroatoms. The Hall–Kier alpha value is -0.303. The van der Waals surface area contributed by atoms with E-state index in [2.05, 4.69) is 52.6 Å². The number of aliphatic hydroxyl groups is 1. The lowest BCUT2D eigenvalue weighted by molar-refractivity contribution is 0.185. The summed E-state index contributed by atoms with van der Waals surface area (Å²) in [6.45, 7) is 13.9. The molecule has 0 aromatic heterocycles. The summed E-state index contributed by atoms with van der Waals surface area (Å²) < 4.78 is 6.05. The van der Waals surface area contributed by atoms with Crippen LogP contribution >= 0.6 is 0 Å². The first kappa shape index (κ1) is 16.7. The molecule has 0 aliphatic rings. The summed E-state index contributed by atoms with van der Waals surface area (Å²) in [6.07, 6.45) is 1.96. The first-order valence-corrected chi connectivity index (χ1v) is 9.38. The molecule has 0 amide bonds. The van der Waals surface area contributed by atoms with E-state index in [0.717, 1.165) is 12.8 Å². The zero-order valence-electron chi connectivity index (χ0n) is 12.3. The minimum absolute atomic E-state index is 0.0318. The predicted molar refractivity (Wildman–Crippen MR) is 76.4 cm³/mol. The number of rotatable bonds is 5. The van der Waals surface area contributed by atoms with Gasteiger partial charge in [-0.25, -0.2) is 0 Å². The van der Waals surface area contributed by atoms with Crippen LogP contribution in [0, 0.1) is 17.8 Å². The lowest BCUT2D eigenvalue weighted by atomic mass is 10.2. The van der Waals surface area contributed by atoms with Gasteiger partial charge in [0.2, 0.25) is 0 Å². The van der Waals surface area contributed by atoms with Crippen molar-refractivity contribution in [1.29, 1.82) is 0 Å². The van der Waals surface area contributed by atoms with Gasteiger partial charge in [-0.3, -0.25) is 0 Å². The molecule has 0 spiro atoms. The maximum Gasteiger partial charge on any atom is 0.192 e. The van der Waals surface area contributed by atoms with Crippen LogP contribution in [0.1, 0.15) is 40.5 Å². The molecule has 0 saturated heterocycles. The molecule has 0 fully saturated rings. The molecule has 17 heavy (non-hydrogen) atoms. The third kappa shape index (κ3) is 6.26. The molecule has 0 heterocycles. The average Bonchev–Trinajstić information content (AvgIpc) is 2.21. The molecule has 0 bridgehead atoms. The van der Waals surface area contributed by atoms with Gasteiger partial charge in [0.25, 0.3) is 0 Å². The van der Waals surface area contributed by atoms with Gasteiger partial charge in [-0.15, -0.1) is 5.92 Å². The maximum absolute atomic E-state index is 9.26. The Labute approximate surface area is 108 Å². The predicted octanol–water partition coefficient (Wildman–Crippen LogP) is 3.42. The lowest BCUT2D eigenvalue weighted by Crippen LogP contribution is -2.42. The van der Waals surface area contributed by atoms with Gasteiger partial charge in [0.05, 0.1) is 12.5 Å². The molecule has 0 aliphatic carbocycles. The van der Waals surface area contributed by atoms with E-state index < -0.39 is 8.32 Å². The zero-order chi connectivity index (χ0) is 13.5. The molecule has 100 valence electrons. The zero-order valence-corrected chi connectivity index (χ0v) is 13.3. The Morgan fingerprint density at radius 2 is 1.88 bits per heavy atom. The summed E-state index contributed by atoms with van der Waals surface area (Å²) in [5, 5.41) is 9.47. The number of hydrogen-bond donors (Lipinski definition) is 1. The summed E-state index contributed by atoms with van der Waals surface area (Å²) in [7, 11) is -1.71. The van der Waals surface area contributed by atoms with Crippen molar-refractivity contribution in [2.24, 2.45) is 5.92 Å². The largest absolute Gasteiger partial charge is 0.415 e. The highest BCUT2D eigenvalue weighted by Gasteiger charge is 2.37. The van der Waals surface area contributed by atoms with Crippen LogP contribution in [0.25, 0.3) is 0 Å². The Balaban J connectivity index is 4.30. The van der Waals surface area contributed by atoms with Crippen molar-refractivity contribution in [2.75, 3.05) is 13.2 Å². The molecular weight excluding hydrogens is 228 g/mol. The van der Waals surface area contributed by atoms with E-state index in [-0.39, 0.29) is 17.6 Å². The highest BCUT2D eigenvalue weighted by Crippen LogP contribution is 2.36. The van der Waals surface area contributed by atoms with Crippen LogP contribution in [-0.4, -0.2) is 26.6 Å². The van der Waals surface area contributed by atoms with Crippen LogP contribution in [0.15, 0.2) is 0 Å². The van der Waals surface area contributed by atoms with Gasteiger partial charge in [-0.2, -0.15) is 0 Å². The lowest BCUT2D eigenvalue weighted by Gasteiger charge is -2.36. The molecule has 0 rings (SSSR count). The van der Waals surface area contributed by atoms with Crippen LogP contribution in [0.2, 0.25) is 18.1 Å². The first-order chi connectivity index (χ1) is 7.74. The summed E-state index contributed by atoms with van der Waals surface area (Å²) in [5.41, 5.74) is 0. The van der Waals surface area contributed by atoms with Crippen LogP contribution in [0.3, 0.4) is 0 Å². The van der Waals surface area contributed by atoms with E-state index in [9.17, 15) is 5.11 Å². The Morgan fingerprint density at radius 3 is 2.29 bits per heavy atom. The van der Waals surface area contributed by atoms with Crippen LogP contribution in [-0.2, 0) is 4.43 Å². The van der Waals surface area contributed by atoms with Crippen molar-refractivity contribution in [3.8, 4) is 11.8 Å². The molecule has 1 N–H and O–H groups in total. The van der Waals surface area contributed by atoms with E-state index in [4.69, 9.17) is 4.43 Å². The molecule has 0 saturated carbocycles. The van der Waals surface area contributed by atoms with Gasteiger partial charge in [0.1, 0.15) is 0 Å². The average molecular weight is 256 g/mol. The van der Waals surface area contributed by atoms with Crippen molar-refractivity contribution < 1.29 is 9.53 Å². The van der Waals surface area contributed by atoms with Gasteiger partial charge in [-0.1, -0.05) is 33.6 Å². The van der Waals surface area contributed by atoms with Crippen LogP contribution in [0.4, 0.5) is 0 Å². The Kier molecular flexibility index (Phi) is 7.07. The fourth-order valence-corrected chi connectivity index (χ4v) is 2.06. The highest BCUT2D eigenvalue weighted by atomic mass is 28.4. The van der Waals surface area contributed by atoms with Crippen molar-refractivity contribution in [1.82, 2.24) is 0 Å². The molecule has 0 aliphatic heterocycles. The molecule has 2 nitrogen and oxygen atoms in total. The van der Waals surface area contributed by atoms with Crippen molar-refractivity contribution in [3.63, 3.8) is 0 Å². The molecule has 0 aromatic carbocycles. The minimum Gasteiger partial charge on any atom is -0.415 e. The summed E-state index contributed by atoms with van der Waals surface area (Å²) in [5.74, 6) is 6.15. The third-order valence-electron chi connectivity index (χ3n) is 3.35. The van der Waals surface area contributed by atoms with Crippen LogP contribution < -0.4 is 0 Å². The molecular formula is C14H28O2Si. The second-order valence-electron chi connectivity index (χ2n) is 6.02. The SMILES string of the molecule is CCCC#CC(CO)CO[Si](C)(C)C(C)(C)C. The van der Waals surface area contributed by atoms with E-state index in [1.54, 1.807) is 0 Å². The van der Waals surface area contributed by atoms with E-state index in [0.29, 0.717) is 6.61 Å². The van der Waals surface area contributed by atoms with Gasteiger partial charge < -0.3 is 9.53 Å². The van der Waals surface area contributed by atoms with Crippen molar-refractivity contribution in [3.05, 3.63) is 0 Å². The second kappa shape index (κ2) is 7.20. The number of aliphatic hydroxyl groups excluding tert-OH is 1. The van der Waals surface area contributed by atoms with Crippen molar-refractivity contribution in [2.45, 2.75) is 58.7 Å². The van der Waals surface area contributed by atoms with Gasteiger partial charge >= 0.3 is 0 Å². The van der Waals surface area contributed by atoms with Gasteiger partial charge in [-0.05, 0) is 24.6 Å². The minimum atomic E-state index is -1.71. The van der Waals surface area contributed by atoms with Gasteiger partial charge in [0, 0.05) is 13.0 Å². The topological polar surface area (TPSA) is 29.5 Å². The summed E-state index contributed by atoms with van der Waals surface area (Å²) in [6, 6.07) is 0. The number of unbranched alkanes of at least 4 members (excludes halogenated alkanes) is 1. The second-order valence-corrected chi connectivity index (χ2v) is 10.8. The highest BCUT2D eigenvalue weighted by molar-refractivity contribution is 6.74. The Morgan fingerprint density at radius 1 is 1.29 bits per heavy atom. The maximum atomic E-state index is 9.26. The quantitative estimate of drug-likeness (QED) is 0.603. The number of hydrogen-bond acceptors (Lipinski definition) is 2. The molecule has 0 radical (unpaired) electrons. The molecule has 0 aromatic rings. The standard InChI is InChI=1S/C14H28O2Si/c1-7-8-9-10-13(11-15)12-16-17(5,6)14(2,3)4/h13,15H,7-8,11-12H2,1-6H3.